The third-order valence-corrected chi connectivity index (χ3v) is 1.82. The summed E-state index contributed by atoms with van der Waals surface area (Å²) in [6, 6.07) is -0.356. The summed E-state index contributed by atoms with van der Waals surface area (Å²) in [5.74, 6) is 0. The molecule has 0 aliphatic heterocycles. The summed E-state index contributed by atoms with van der Waals surface area (Å²) in [6.07, 6.45) is 0.557. The van der Waals surface area contributed by atoms with Gasteiger partial charge in [0, 0.05) is 7.11 Å². The fourth-order valence-electron chi connectivity index (χ4n) is 0.698. The molecule has 0 fully saturated rings. The van der Waals surface area contributed by atoms with E-state index in [0.717, 1.165) is 0 Å². The molecule has 11 heavy (non-hydrogen) atoms. The summed E-state index contributed by atoms with van der Waals surface area (Å²) in [5.41, 5.74) is -0.532. The number of ether oxygens (including phenoxy) is 1. The van der Waals surface area contributed by atoms with Gasteiger partial charge < -0.3 is 15.2 Å². The smallest absolute Gasteiger partial charge is 0.207 e. The lowest BCUT2D eigenvalue weighted by Gasteiger charge is -2.30. The highest BCUT2D eigenvalue weighted by molar-refractivity contribution is 5.47. The van der Waals surface area contributed by atoms with Crippen LogP contribution in [0.25, 0.3) is 0 Å². The first kappa shape index (κ1) is 10.4. The molecule has 0 aromatic rings. The van der Waals surface area contributed by atoms with Crippen LogP contribution in [0.15, 0.2) is 0 Å². The molecular formula is C7H15NO3. The first-order chi connectivity index (χ1) is 5.08. The standard InChI is InChI=1S/C7H15NO3/c1-7(2,11-3)6(4-9)8-5-10/h5-6,9H,4H2,1-3H3,(H,8,10). The van der Waals surface area contributed by atoms with E-state index in [-0.39, 0.29) is 12.6 Å². The Morgan fingerprint density at radius 1 is 1.73 bits per heavy atom. The summed E-state index contributed by atoms with van der Waals surface area (Å²) >= 11 is 0. The minimum Gasteiger partial charge on any atom is -0.394 e. The molecule has 0 radical (unpaired) electrons. The number of hydrogen-bond acceptors (Lipinski definition) is 3. The van der Waals surface area contributed by atoms with Gasteiger partial charge in [-0.05, 0) is 13.8 Å². The Balaban J connectivity index is 4.10. The van der Waals surface area contributed by atoms with E-state index in [9.17, 15) is 4.79 Å². The number of aliphatic hydroxyl groups excluding tert-OH is 1. The van der Waals surface area contributed by atoms with Crippen LogP contribution >= 0.6 is 0 Å². The van der Waals surface area contributed by atoms with Crippen molar-refractivity contribution >= 4 is 6.41 Å². The molecule has 0 bridgehead atoms. The van der Waals surface area contributed by atoms with Crippen LogP contribution in [-0.4, -0.2) is 36.9 Å². The van der Waals surface area contributed by atoms with Gasteiger partial charge >= 0.3 is 0 Å². The molecule has 0 aliphatic rings. The molecule has 0 aliphatic carbocycles. The lowest BCUT2D eigenvalue weighted by Crippen LogP contribution is -2.49. The van der Waals surface area contributed by atoms with Crippen molar-refractivity contribution in [3.05, 3.63) is 0 Å². The van der Waals surface area contributed by atoms with Crippen LogP contribution in [0, 0.1) is 0 Å². The van der Waals surface area contributed by atoms with E-state index in [1.54, 1.807) is 13.8 Å². The zero-order valence-electron chi connectivity index (χ0n) is 7.13. The number of carbonyl (C=O) groups is 1. The fraction of sp³-hybridized carbons (Fsp3) is 0.857. The van der Waals surface area contributed by atoms with E-state index in [2.05, 4.69) is 5.32 Å². The molecule has 0 rings (SSSR count). The molecule has 66 valence electrons. The van der Waals surface area contributed by atoms with Gasteiger partial charge in [0.15, 0.2) is 0 Å². The van der Waals surface area contributed by atoms with Gasteiger partial charge in [-0.15, -0.1) is 0 Å². The number of hydrogen-bond donors (Lipinski definition) is 2. The highest BCUT2D eigenvalue weighted by atomic mass is 16.5. The zero-order chi connectivity index (χ0) is 8.91. The summed E-state index contributed by atoms with van der Waals surface area (Å²) in [6.45, 7) is 3.47. The number of methoxy groups -OCH3 is 1. The molecule has 0 aromatic carbocycles. The van der Waals surface area contributed by atoms with E-state index in [0.29, 0.717) is 6.41 Å². The Labute approximate surface area is 66.5 Å². The predicted molar refractivity (Wildman–Crippen MR) is 41.2 cm³/mol. The van der Waals surface area contributed by atoms with Gasteiger partial charge in [0.25, 0.3) is 0 Å². The summed E-state index contributed by atoms with van der Waals surface area (Å²) in [7, 11) is 1.54. The van der Waals surface area contributed by atoms with Crippen molar-refractivity contribution in [2.24, 2.45) is 0 Å². The van der Waals surface area contributed by atoms with Gasteiger partial charge in [-0.1, -0.05) is 0 Å². The number of amides is 1. The van der Waals surface area contributed by atoms with Crippen LogP contribution in [0.5, 0.6) is 0 Å². The largest absolute Gasteiger partial charge is 0.394 e. The minimum absolute atomic E-state index is 0.125. The molecule has 4 heteroatoms. The van der Waals surface area contributed by atoms with Crippen molar-refractivity contribution in [3.63, 3.8) is 0 Å². The van der Waals surface area contributed by atoms with Crippen LogP contribution in [0.2, 0.25) is 0 Å². The van der Waals surface area contributed by atoms with Gasteiger partial charge in [-0.25, -0.2) is 0 Å². The zero-order valence-corrected chi connectivity index (χ0v) is 7.13. The summed E-state index contributed by atoms with van der Waals surface area (Å²) < 4.78 is 5.06. The second kappa shape index (κ2) is 4.31. The number of rotatable bonds is 5. The van der Waals surface area contributed by atoms with E-state index < -0.39 is 5.60 Å². The molecule has 0 spiro atoms. The normalized spacial score (nSPS) is 14.2. The van der Waals surface area contributed by atoms with Gasteiger partial charge in [0.1, 0.15) is 0 Å². The van der Waals surface area contributed by atoms with Gasteiger partial charge in [0.05, 0.1) is 18.2 Å². The fourth-order valence-corrected chi connectivity index (χ4v) is 0.698. The van der Waals surface area contributed by atoms with Crippen LogP contribution in [0.1, 0.15) is 13.8 Å². The quantitative estimate of drug-likeness (QED) is 0.535. The number of nitrogens with one attached hydrogen (secondary N) is 1. The highest BCUT2D eigenvalue weighted by Gasteiger charge is 2.27. The lowest BCUT2D eigenvalue weighted by atomic mass is 10.00. The molecule has 1 atom stereocenters. The lowest BCUT2D eigenvalue weighted by molar-refractivity contribution is -0.113. The van der Waals surface area contributed by atoms with Crippen LogP contribution in [0.3, 0.4) is 0 Å². The van der Waals surface area contributed by atoms with Crippen molar-refractivity contribution in [1.82, 2.24) is 5.32 Å². The Morgan fingerprint density at radius 3 is 2.55 bits per heavy atom. The molecule has 1 unspecified atom stereocenters. The van der Waals surface area contributed by atoms with Crippen molar-refractivity contribution in [3.8, 4) is 0 Å². The Bertz CT molecular complexity index is 125. The second-order valence-electron chi connectivity index (χ2n) is 2.83. The maximum Gasteiger partial charge on any atom is 0.207 e. The third-order valence-electron chi connectivity index (χ3n) is 1.82. The maximum atomic E-state index is 10.1. The van der Waals surface area contributed by atoms with Gasteiger partial charge in [0.2, 0.25) is 6.41 Å². The summed E-state index contributed by atoms with van der Waals surface area (Å²) in [5, 5.41) is 11.3. The second-order valence-corrected chi connectivity index (χ2v) is 2.83. The topological polar surface area (TPSA) is 58.6 Å². The van der Waals surface area contributed by atoms with Crippen molar-refractivity contribution in [2.75, 3.05) is 13.7 Å². The Kier molecular flexibility index (Phi) is 4.07. The monoisotopic (exact) mass is 161 g/mol. The molecule has 4 nitrogen and oxygen atoms in total. The molecule has 1 amide bonds. The van der Waals surface area contributed by atoms with Crippen LogP contribution in [-0.2, 0) is 9.53 Å². The molecular weight excluding hydrogens is 146 g/mol. The van der Waals surface area contributed by atoms with Gasteiger partial charge in [-0.3, -0.25) is 4.79 Å². The third kappa shape index (κ3) is 2.86. The van der Waals surface area contributed by atoms with Crippen molar-refractivity contribution in [2.45, 2.75) is 25.5 Å². The molecule has 0 saturated heterocycles. The van der Waals surface area contributed by atoms with E-state index in [4.69, 9.17) is 9.84 Å². The Morgan fingerprint density at radius 2 is 2.27 bits per heavy atom. The van der Waals surface area contributed by atoms with Gasteiger partial charge in [-0.2, -0.15) is 0 Å². The number of aliphatic hydroxyl groups is 1. The Hall–Kier alpha value is -0.610. The first-order valence-electron chi connectivity index (χ1n) is 3.44. The summed E-state index contributed by atoms with van der Waals surface area (Å²) in [4.78, 5) is 10.1. The van der Waals surface area contributed by atoms with E-state index in [1.165, 1.54) is 7.11 Å². The molecule has 2 N–H and O–H groups in total. The molecule has 0 heterocycles. The molecule has 0 saturated carbocycles. The molecule has 0 aromatic heterocycles. The van der Waals surface area contributed by atoms with Crippen molar-refractivity contribution in [1.29, 1.82) is 0 Å². The first-order valence-corrected chi connectivity index (χ1v) is 3.44. The van der Waals surface area contributed by atoms with E-state index >= 15 is 0 Å². The maximum absolute atomic E-state index is 10.1. The van der Waals surface area contributed by atoms with E-state index in [1.807, 2.05) is 0 Å². The average molecular weight is 161 g/mol. The van der Waals surface area contributed by atoms with Crippen molar-refractivity contribution < 1.29 is 14.6 Å². The van der Waals surface area contributed by atoms with Crippen LogP contribution in [0.4, 0.5) is 0 Å². The predicted octanol–water partition coefficient (Wildman–Crippen LogP) is -0.482. The number of carbonyl (C=O) groups excluding carboxylic acids is 1. The minimum atomic E-state index is -0.532. The average Bonchev–Trinajstić information content (AvgIpc) is 2.00. The highest BCUT2D eigenvalue weighted by Crippen LogP contribution is 2.12. The van der Waals surface area contributed by atoms with Crippen LogP contribution < -0.4 is 5.32 Å². The SMILES string of the molecule is COC(C)(C)C(CO)NC=O.